The van der Waals surface area contributed by atoms with Crippen molar-refractivity contribution in [3.63, 3.8) is 0 Å². The molecule has 3 aromatic carbocycles. The number of hydrogen-bond donors (Lipinski definition) is 0. The van der Waals surface area contributed by atoms with Crippen LogP contribution in [0.4, 0.5) is 26.3 Å². The van der Waals surface area contributed by atoms with E-state index in [1.807, 2.05) is 24.3 Å². The molecule has 0 aromatic heterocycles. The third-order valence-corrected chi connectivity index (χ3v) is 6.42. The summed E-state index contributed by atoms with van der Waals surface area (Å²) in [6.07, 6.45) is -10.2. The molecule has 4 rings (SSSR count). The highest BCUT2D eigenvalue weighted by Crippen LogP contribution is 2.38. The van der Waals surface area contributed by atoms with Crippen LogP contribution in [-0.4, -0.2) is 24.0 Å². The SMILES string of the molecule is COc1ccc(CN2C(=O)CC[C@@H](OCc3cc(C(F)(F)F)cc(C(F)(F)F)c3)[C@H]2c2ccccc2)cc1. The van der Waals surface area contributed by atoms with Crippen molar-refractivity contribution in [3.05, 3.63) is 101 Å². The van der Waals surface area contributed by atoms with Gasteiger partial charge in [-0.1, -0.05) is 42.5 Å². The summed E-state index contributed by atoms with van der Waals surface area (Å²) in [6, 6.07) is 17.0. The molecule has 1 aliphatic rings. The Balaban J connectivity index is 1.63. The Morgan fingerprint density at radius 2 is 1.45 bits per heavy atom. The molecule has 202 valence electrons. The molecule has 3 aromatic rings. The Morgan fingerprint density at radius 3 is 2.00 bits per heavy atom. The first-order valence-electron chi connectivity index (χ1n) is 11.8. The number of amides is 1. The van der Waals surface area contributed by atoms with Crippen molar-refractivity contribution in [2.75, 3.05) is 7.11 Å². The first kappa shape index (κ1) is 27.5. The minimum absolute atomic E-state index is 0.0894. The molecule has 0 spiro atoms. The van der Waals surface area contributed by atoms with Gasteiger partial charge in [-0.05, 0) is 53.4 Å². The summed E-state index contributed by atoms with van der Waals surface area (Å²) < 4.78 is 91.0. The number of nitrogens with zero attached hydrogens (tertiary/aromatic N) is 1. The first-order chi connectivity index (χ1) is 18.0. The van der Waals surface area contributed by atoms with Crippen LogP contribution in [0.15, 0.2) is 72.8 Å². The average molecular weight is 538 g/mol. The molecule has 10 heteroatoms. The van der Waals surface area contributed by atoms with Crippen molar-refractivity contribution >= 4 is 5.91 Å². The highest BCUT2D eigenvalue weighted by atomic mass is 19.4. The van der Waals surface area contributed by atoms with E-state index in [9.17, 15) is 31.1 Å². The molecule has 0 saturated carbocycles. The zero-order valence-electron chi connectivity index (χ0n) is 20.4. The maximum Gasteiger partial charge on any atom is 0.416 e. The van der Waals surface area contributed by atoms with E-state index in [4.69, 9.17) is 9.47 Å². The summed E-state index contributed by atoms with van der Waals surface area (Å²) in [7, 11) is 1.54. The van der Waals surface area contributed by atoms with Crippen LogP contribution in [0.1, 0.15) is 46.7 Å². The monoisotopic (exact) mass is 537 g/mol. The van der Waals surface area contributed by atoms with Gasteiger partial charge in [0.2, 0.25) is 5.91 Å². The van der Waals surface area contributed by atoms with Crippen LogP contribution in [0, 0.1) is 0 Å². The Hall–Kier alpha value is -3.53. The van der Waals surface area contributed by atoms with Crippen LogP contribution in [0.5, 0.6) is 5.75 Å². The number of likely N-dealkylation sites (tertiary alicyclic amines) is 1. The number of carbonyl (C=O) groups is 1. The second-order valence-electron chi connectivity index (χ2n) is 9.03. The van der Waals surface area contributed by atoms with Crippen LogP contribution < -0.4 is 4.74 Å². The van der Waals surface area contributed by atoms with Gasteiger partial charge in [-0.3, -0.25) is 4.79 Å². The molecule has 1 amide bonds. The highest BCUT2D eigenvalue weighted by molar-refractivity contribution is 5.78. The lowest BCUT2D eigenvalue weighted by Crippen LogP contribution is -2.45. The number of rotatable bonds is 7. The van der Waals surface area contributed by atoms with Crippen LogP contribution in [-0.2, 0) is 35.0 Å². The molecule has 1 fully saturated rings. The molecular weight excluding hydrogens is 512 g/mol. The van der Waals surface area contributed by atoms with Gasteiger partial charge in [0.15, 0.2) is 0 Å². The molecular formula is C28H25F6NO3. The zero-order valence-corrected chi connectivity index (χ0v) is 20.4. The van der Waals surface area contributed by atoms with Gasteiger partial charge in [0.1, 0.15) is 5.75 Å². The van der Waals surface area contributed by atoms with Gasteiger partial charge in [0.05, 0.1) is 37.0 Å². The van der Waals surface area contributed by atoms with Gasteiger partial charge in [-0.2, -0.15) is 26.3 Å². The third kappa shape index (κ3) is 6.48. The standard InChI is InChI=1S/C28H25F6NO3/c1-37-23-9-7-18(8-10-23)16-35-25(36)12-11-24(26(35)20-5-3-2-4-6-20)38-17-19-13-21(27(29,30)31)15-22(14-19)28(32,33)34/h2-10,13-15,24,26H,11-12,16-17H2,1H3/t24-,26-/m1/s1. The Labute approximate surface area is 215 Å². The second-order valence-corrected chi connectivity index (χ2v) is 9.03. The van der Waals surface area contributed by atoms with Crippen molar-refractivity contribution in [3.8, 4) is 5.75 Å². The molecule has 0 bridgehead atoms. The van der Waals surface area contributed by atoms with Gasteiger partial charge in [-0.15, -0.1) is 0 Å². The van der Waals surface area contributed by atoms with E-state index < -0.39 is 42.2 Å². The topological polar surface area (TPSA) is 38.8 Å². The molecule has 2 atom stereocenters. The summed E-state index contributed by atoms with van der Waals surface area (Å²) in [4.78, 5) is 14.7. The quantitative estimate of drug-likeness (QED) is 0.300. The normalized spacial score (nSPS) is 18.5. The Morgan fingerprint density at radius 1 is 0.842 bits per heavy atom. The fourth-order valence-corrected chi connectivity index (χ4v) is 4.56. The molecule has 0 aliphatic carbocycles. The largest absolute Gasteiger partial charge is 0.497 e. The number of alkyl halides is 6. The fraction of sp³-hybridized carbons (Fsp3) is 0.321. The molecule has 0 radical (unpaired) electrons. The van der Waals surface area contributed by atoms with Gasteiger partial charge >= 0.3 is 12.4 Å². The number of hydrogen-bond acceptors (Lipinski definition) is 3. The van der Waals surface area contributed by atoms with Gasteiger partial charge < -0.3 is 14.4 Å². The molecule has 1 saturated heterocycles. The summed E-state index contributed by atoms with van der Waals surface area (Å²) in [5.41, 5.74) is -1.47. The van der Waals surface area contributed by atoms with Crippen molar-refractivity contribution in [2.24, 2.45) is 0 Å². The maximum absolute atomic E-state index is 13.3. The van der Waals surface area contributed by atoms with Crippen LogP contribution >= 0.6 is 0 Å². The number of piperidine rings is 1. The smallest absolute Gasteiger partial charge is 0.416 e. The second kappa shape index (κ2) is 11.1. The molecule has 0 N–H and O–H groups in total. The van der Waals surface area contributed by atoms with Crippen LogP contribution in [0.2, 0.25) is 0 Å². The van der Waals surface area contributed by atoms with Gasteiger partial charge in [0.25, 0.3) is 0 Å². The number of ether oxygens (including phenoxy) is 2. The fourth-order valence-electron chi connectivity index (χ4n) is 4.56. The van der Waals surface area contributed by atoms with E-state index in [-0.39, 0.29) is 36.9 Å². The van der Waals surface area contributed by atoms with Crippen molar-refractivity contribution in [2.45, 2.75) is 50.5 Å². The molecule has 0 unspecified atom stereocenters. The van der Waals surface area contributed by atoms with E-state index in [2.05, 4.69) is 0 Å². The first-order valence-corrected chi connectivity index (χ1v) is 11.8. The van der Waals surface area contributed by atoms with Crippen molar-refractivity contribution < 1.29 is 40.6 Å². The Kier molecular flexibility index (Phi) is 8.01. The number of methoxy groups -OCH3 is 1. The van der Waals surface area contributed by atoms with E-state index >= 15 is 0 Å². The minimum Gasteiger partial charge on any atom is -0.497 e. The van der Waals surface area contributed by atoms with Crippen molar-refractivity contribution in [1.29, 1.82) is 0 Å². The van der Waals surface area contributed by atoms with Crippen molar-refractivity contribution in [1.82, 2.24) is 4.90 Å². The summed E-state index contributed by atoms with van der Waals surface area (Å²) in [5, 5.41) is 0. The summed E-state index contributed by atoms with van der Waals surface area (Å²) >= 11 is 0. The summed E-state index contributed by atoms with van der Waals surface area (Å²) in [6.45, 7) is -0.240. The summed E-state index contributed by atoms with van der Waals surface area (Å²) in [5.74, 6) is 0.520. The number of benzene rings is 3. The van der Waals surface area contributed by atoms with Gasteiger partial charge in [0, 0.05) is 13.0 Å². The Bertz CT molecular complexity index is 1210. The van der Waals surface area contributed by atoms with E-state index in [0.29, 0.717) is 17.9 Å². The number of halogens is 6. The highest BCUT2D eigenvalue weighted by Gasteiger charge is 2.39. The lowest BCUT2D eigenvalue weighted by molar-refractivity contribution is -0.148. The molecule has 1 heterocycles. The maximum atomic E-state index is 13.3. The average Bonchev–Trinajstić information content (AvgIpc) is 2.88. The van der Waals surface area contributed by atoms with Crippen LogP contribution in [0.3, 0.4) is 0 Å². The lowest BCUT2D eigenvalue weighted by atomic mass is 9.91. The van der Waals surface area contributed by atoms with Crippen LogP contribution in [0.25, 0.3) is 0 Å². The van der Waals surface area contributed by atoms with E-state index in [0.717, 1.165) is 11.1 Å². The van der Waals surface area contributed by atoms with Gasteiger partial charge in [-0.25, -0.2) is 0 Å². The number of carbonyl (C=O) groups excluding carboxylic acids is 1. The third-order valence-electron chi connectivity index (χ3n) is 6.42. The molecule has 38 heavy (non-hydrogen) atoms. The molecule has 4 nitrogen and oxygen atoms in total. The van der Waals surface area contributed by atoms with E-state index in [1.165, 1.54) is 0 Å². The molecule has 1 aliphatic heterocycles. The van der Waals surface area contributed by atoms with E-state index in [1.54, 1.807) is 42.3 Å². The zero-order chi connectivity index (χ0) is 27.5. The lowest BCUT2D eigenvalue weighted by Gasteiger charge is -2.41. The predicted molar refractivity (Wildman–Crippen MR) is 127 cm³/mol. The predicted octanol–water partition coefficient (Wildman–Crippen LogP) is 7.18. The minimum atomic E-state index is -4.95.